The van der Waals surface area contributed by atoms with Crippen LogP contribution in [-0.2, 0) is 6.42 Å². The van der Waals surface area contributed by atoms with Gasteiger partial charge in [-0.1, -0.05) is 24.3 Å². The summed E-state index contributed by atoms with van der Waals surface area (Å²) < 4.78 is 0. The van der Waals surface area contributed by atoms with Gasteiger partial charge in [-0.25, -0.2) is 4.98 Å². The summed E-state index contributed by atoms with van der Waals surface area (Å²) in [5, 5.41) is 0. The molecule has 4 heteroatoms. The van der Waals surface area contributed by atoms with E-state index in [1.165, 1.54) is 11.6 Å². The molecule has 1 heterocycles. The summed E-state index contributed by atoms with van der Waals surface area (Å²) in [6.07, 6.45) is 0.614. The van der Waals surface area contributed by atoms with Crippen LogP contribution in [-0.4, -0.2) is 9.97 Å². The summed E-state index contributed by atoms with van der Waals surface area (Å²) in [4.78, 5) is 18.7. The largest absolute Gasteiger partial charge is 0.323 e. The SMILES string of the molecule is Cc1ccccc1Cc1nc(C(C)N)cc(=O)[nH]1. The Labute approximate surface area is 106 Å². The summed E-state index contributed by atoms with van der Waals surface area (Å²) in [6, 6.07) is 9.27. The van der Waals surface area contributed by atoms with Crippen LogP contribution in [0.5, 0.6) is 0 Å². The van der Waals surface area contributed by atoms with Crippen LogP contribution in [0, 0.1) is 6.92 Å². The lowest BCUT2D eigenvalue weighted by Gasteiger charge is -2.08. The van der Waals surface area contributed by atoms with Gasteiger partial charge >= 0.3 is 0 Å². The lowest BCUT2D eigenvalue weighted by Crippen LogP contribution is -2.17. The molecule has 4 nitrogen and oxygen atoms in total. The van der Waals surface area contributed by atoms with Crippen LogP contribution in [0.1, 0.15) is 35.6 Å². The van der Waals surface area contributed by atoms with E-state index < -0.39 is 0 Å². The van der Waals surface area contributed by atoms with E-state index in [1.807, 2.05) is 38.1 Å². The monoisotopic (exact) mass is 243 g/mol. The zero-order chi connectivity index (χ0) is 13.1. The number of benzene rings is 1. The number of hydrogen-bond acceptors (Lipinski definition) is 3. The Morgan fingerprint density at radius 2 is 2.11 bits per heavy atom. The van der Waals surface area contributed by atoms with Gasteiger partial charge in [0, 0.05) is 18.5 Å². The zero-order valence-corrected chi connectivity index (χ0v) is 10.6. The molecule has 1 unspecified atom stereocenters. The molecule has 1 aromatic heterocycles. The van der Waals surface area contributed by atoms with Gasteiger partial charge in [-0.2, -0.15) is 0 Å². The summed E-state index contributed by atoms with van der Waals surface area (Å²) in [5.41, 5.74) is 8.58. The second-order valence-electron chi connectivity index (χ2n) is 4.51. The lowest BCUT2D eigenvalue weighted by atomic mass is 10.1. The van der Waals surface area contributed by atoms with E-state index in [4.69, 9.17) is 5.73 Å². The topological polar surface area (TPSA) is 71.8 Å². The van der Waals surface area contributed by atoms with Crippen LogP contribution in [0.4, 0.5) is 0 Å². The van der Waals surface area contributed by atoms with E-state index in [1.54, 1.807) is 0 Å². The van der Waals surface area contributed by atoms with Gasteiger partial charge in [0.25, 0.3) is 5.56 Å². The van der Waals surface area contributed by atoms with Crippen molar-refractivity contribution in [2.75, 3.05) is 0 Å². The van der Waals surface area contributed by atoms with Gasteiger partial charge < -0.3 is 10.7 Å². The highest BCUT2D eigenvalue weighted by atomic mass is 16.1. The standard InChI is InChI=1S/C14H17N3O/c1-9-5-3-4-6-11(9)7-13-16-12(10(2)15)8-14(18)17-13/h3-6,8,10H,7,15H2,1-2H3,(H,16,17,18). The maximum absolute atomic E-state index is 11.5. The second kappa shape index (κ2) is 5.14. The summed E-state index contributed by atoms with van der Waals surface area (Å²) in [5.74, 6) is 0.657. The molecule has 3 N–H and O–H groups in total. The molecule has 0 saturated heterocycles. The Morgan fingerprint density at radius 3 is 2.78 bits per heavy atom. The number of nitrogens with one attached hydrogen (secondary N) is 1. The van der Waals surface area contributed by atoms with Gasteiger partial charge in [0.15, 0.2) is 0 Å². The molecule has 1 atom stereocenters. The fourth-order valence-electron chi connectivity index (χ4n) is 1.83. The van der Waals surface area contributed by atoms with Crippen molar-refractivity contribution in [3.05, 3.63) is 63.3 Å². The molecular formula is C14H17N3O. The quantitative estimate of drug-likeness (QED) is 0.861. The number of H-pyrrole nitrogens is 1. The Balaban J connectivity index is 2.35. The number of nitrogens with zero attached hydrogens (tertiary/aromatic N) is 1. The van der Waals surface area contributed by atoms with Crippen molar-refractivity contribution in [3.63, 3.8) is 0 Å². The van der Waals surface area contributed by atoms with E-state index in [9.17, 15) is 4.79 Å². The highest BCUT2D eigenvalue weighted by molar-refractivity contribution is 5.28. The number of nitrogens with two attached hydrogens (primary N) is 1. The van der Waals surface area contributed by atoms with Crippen molar-refractivity contribution >= 4 is 0 Å². The lowest BCUT2D eigenvalue weighted by molar-refractivity contribution is 0.752. The maximum Gasteiger partial charge on any atom is 0.251 e. The molecule has 2 rings (SSSR count). The Hall–Kier alpha value is -1.94. The van der Waals surface area contributed by atoms with Crippen molar-refractivity contribution in [3.8, 4) is 0 Å². The van der Waals surface area contributed by atoms with Gasteiger partial charge in [0.05, 0.1) is 5.69 Å². The van der Waals surface area contributed by atoms with Gasteiger partial charge in [-0.3, -0.25) is 4.79 Å². The molecule has 0 radical (unpaired) electrons. The minimum absolute atomic E-state index is 0.152. The Bertz CT molecular complexity index is 602. The average molecular weight is 243 g/mol. The molecule has 0 bridgehead atoms. The van der Waals surface area contributed by atoms with Crippen molar-refractivity contribution in [2.24, 2.45) is 5.73 Å². The summed E-state index contributed by atoms with van der Waals surface area (Å²) in [7, 11) is 0. The number of aryl methyl sites for hydroxylation is 1. The molecule has 0 fully saturated rings. The van der Waals surface area contributed by atoms with Crippen LogP contribution in [0.25, 0.3) is 0 Å². The molecule has 0 aliphatic heterocycles. The summed E-state index contributed by atoms with van der Waals surface area (Å²) >= 11 is 0. The van der Waals surface area contributed by atoms with E-state index >= 15 is 0 Å². The maximum atomic E-state index is 11.5. The van der Waals surface area contributed by atoms with Gasteiger partial charge in [0.1, 0.15) is 5.82 Å². The molecule has 0 spiro atoms. The van der Waals surface area contributed by atoms with Crippen molar-refractivity contribution in [1.82, 2.24) is 9.97 Å². The fraction of sp³-hybridized carbons (Fsp3) is 0.286. The third-order valence-electron chi connectivity index (χ3n) is 2.90. The highest BCUT2D eigenvalue weighted by Crippen LogP contribution is 2.11. The highest BCUT2D eigenvalue weighted by Gasteiger charge is 2.07. The minimum Gasteiger partial charge on any atom is -0.323 e. The molecule has 18 heavy (non-hydrogen) atoms. The van der Waals surface area contributed by atoms with Crippen LogP contribution < -0.4 is 11.3 Å². The normalized spacial score (nSPS) is 12.4. The first-order valence-corrected chi connectivity index (χ1v) is 5.96. The van der Waals surface area contributed by atoms with Crippen molar-refractivity contribution < 1.29 is 0 Å². The van der Waals surface area contributed by atoms with Gasteiger partial charge in [0.2, 0.25) is 0 Å². The van der Waals surface area contributed by atoms with Crippen LogP contribution in [0.15, 0.2) is 35.1 Å². The second-order valence-corrected chi connectivity index (χ2v) is 4.51. The first-order chi connectivity index (χ1) is 8.56. The molecule has 94 valence electrons. The first-order valence-electron chi connectivity index (χ1n) is 5.96. The van der Waals surface area contributed by atoms with Crippen molar-refractivity contribution in [2.45, 2.75) is 26.3 Å². The molecular weight excluding hydrogens is 226 g/mol. The Morgan fingerprint density at radius 1 is 1.39 bits per heavy atom. The number of hydrogen-bond donors (Lipinski definition) is 2. The molecule has 0 amide bonds. The number of aromatic nitrogens is 2. The van der Waals surface area contributed by atoms with Crippen LogP contribution in [0.2, 0.25) is 0 Å². The predicted molar refractivity (Wildman–Crippen MR) is 71.4 cm³/mol. The average Bonchev–Trinajstić information content (AvgIpc) is 2.31. The first kappa shape index (κ1) is 12.5. The van der Waals surface area contributed by atoms with Crippen LogP contribution >= 0.6 is 0 Å². The molecule has 0 aliphatic carbocycles. The smallest absolute Gasteiger partial charge is 0.251 e. The number of aromatic amines is 1. The third kappa shape index (κ3) is 2.84. The van der Waals surface area contributed by atoms with E-state index in [0.717, 1.165) is 5.56 Å². The summed E-state index contributed by atoms with van der Waals surface area (Å²) in [6.45, 7) is 3.86. The van der Waals surface area contributed by atoms with E-state index in [2.05, 4.69) is 9.97 Å². The molecule has 0 aliphatic rings. The van der Waals surface area contributed by atoms with Crippen LogP contribution in [0.3, 0.4) is 0 Å². The Kier molecular flexibility index (Phi) is 3.58. The van der Waals surface area contributed by atoms with E-state index in [0.29, 0.717) is 17.9 Å². The minimum atomic E-state index is -0.233. The molecule has 1 aromatic carbocycles. The van der Waals surface area contributed by atoms with E-state index in [-0.39, 0.29) is 11.6 Å². The van der Waals surface area contributed by atoms with Crippen molar-refractivity contribution in [1.29, 1.82) is 0 Å². The van der Waals surface area contributed by atoms with Gasteiger partial charge in [-0.05, 0) is 25.0 Å². The number of rotatable bonds is 3. The molecule has 2 aromatic rings. The molecule has 0 saturated carbocycles. The fourth-order valence-corrected chi connectivity index (χ4v) is 1.83. The third-order valence-corrected chi connectivity index (χ3v) is 2.90. The van der Waals surface area contributed by atoms with Gasteiger partial charge in [-0.15, -0.1) is 0 Å². The zero-order valence-electron chi connectivity index (χ0n) is 10.6. The predicted octanol–water partition coefficient (Wildman–Crippen LogP) is 1.69.